The molecular formula is C13H17N3O5S. The van der Waals surface area contributed by atoms with Crippen LogP contribution >= 0.6 is 11.3 Å². The summed E-state index contributed by atoms with van der Waals surface area (Å²) in [6.07, 6.45) is 0. The van der Waals surface area contributed by atoms with E-state index in [0.29, 0.717) is 10.6 Å². The minimum Gasteiger partial charge on any atom is -0.452 e. The molecule has 0 fully saturated rings. The second-order valence-corrected chi connectivity index (χ2v) is 5.71. The molecule has 0 bridgehead atoms. The molecule has 0 saturated carbocycles. The van der Waals surface area contributed by atoms with Gasteiger partial charge in [-0.25, -0.2) is 4.79 Å². The first kappa shape index (κ1) is 17.6. The lowest BCUT2D eigenvalue weighted by molar-refractivity contribution is -0.127. The Hall–Kier alpha value is -2.42. The van der Waals surface area contributed by atoms with Crippen LogP contribution in [0.1, 0.15) is 27.7 Å². The summed E-state index contributed by atoms with van der Waals surface area (Å²) in [6, 6.07) is 0. The normalized spacial score (nSPS) is 9.95. The van der Waals surface area contributed by atoms with Crippen molar-refractivity contribution in [2.45, 2.75) is 20.8 Å². The van der Waals surface area contributed by atoms with E-state index in [-0.39, 0.29) is 18.0 Å². The van der Waals surface area contributed by atoms with Gasteiger partial charge < -0.3 is 21.1 Å². The molecule has 0 unspecified atom stereocenters. The molecule has 22 heavy (non-hydrogen) atoms. The molecule has 3 amide bonds. The van der Waals surface area contributed by atoms with Gasteiger partial charge in [0.25, 0.3) is 5.91 Å². The molecule has 0 radical (unpaired) electrons. The number of hydrogen-bond acceptors (Lipinski definition) is 6. The van der Waals surface area contributed by atoms with E-state index in [4.69, 9.17) is 10.5 Å². The first-order valence-corrected chi connectivity index (χ1v) is 7.13. The fourth-order valence-electron chi connectivity index (χ4n) is 1.56. The van der Waals surface area contributed by atoms with E-state index in [0.717, 1.165) is 4.88 Å². The van der Waals surface area contributed by atoms with Gasteiger partial charge in [-0.3, -0.25) is 14.4 Å². The number of nitrogens with one attached hydrogen (secondary N) is 2. The monoisotopic (exact) mass is 327 g/mol. The van der Waals surface area contributed by atoms with Crippen molar-refractivity contribution in [3.05, 3.63) is 16.0 Å². The van der Waals surface area contributed by atoms with Crippen LogP contribution in [-0.2, 0) is 19.1 Å². The first-order chi connectivity index (χ1) is 10.2. The third-order valence-electron chi connectivity index (χ3n) is 2.67. The molecule has 1 heterocycles. The molecule has 0 saturated heterocycles. The highest BCUT2D eigenvalue weighted by molar-refractivity contribution is 7.16. The maximum Gasteiger partial charge on any atom is 0.341 e. The number of carbonyl (C=O) groups is 4. The van der Waals surface area contributed by atoms with Gasteiger partial charge in [-0.1, -0.05) is 0 Å². The highest BCUT2D eigenvalue weighted by atomic mass is 32.1. The van der Waals surface area contributed by atoms with Gasteiger partial charge in [0, 0.05) is 11.8 Å². The van der Waals surface area contributed by atoms with E-state index >= 15 is 0 Å². The van der Waals surface area contributed by atoms with Gasteiger partial charge in [-0.15, -0.1) is 11.3 Å². The molecule has 0 aliphatic heterocycles. The molecule has 0 aliphatic rings. The van der Waals surface area contributed by atoms with Crippen LogP contribution in [0.4, 0.5) is 5.00 Å². The zero-order valence-electron chi connectivity index (χ0n) is 12.4. The van der Waals surface area contributed by atoms with Gasteiger partial charge in [-0.05, 0) is 19.4 Å². The Morgan fingerprint density at radius 2 is 1.86 bits per heavy atom. The van der Waals surface area contributed by atoms with Gasteiger partial charge in [0.05, 0.1) is 12.1 Å². The summed E-state index contributed by atoms with van der Waals surface area (Å²) in [7, 11) is 0. The number of primary amides is 1. The number of thiophene rings is 1. The van der Waals surface area contributed by atoms with Gasteiger partial charge in [0.15, 0.2) is 6.61 Å². The predicted octanol–water partition coefficient (Wildman–Crippen LogP) is 0.0816. The van der Waals surface area contributed by atoms with Crippen LogP contribution in [-0.4, -0.2) is 36.8 Å². The number of aryl methyl sites for hydroxylation is 1. The molecule has 8 nitrogen and oxygen atoms in total. The molecule has 9 heteroatoms. The smallest absolute Gasteiger partial charge is 0.341 e. The fourth-order valence-corrected chi connectivity index (χ4v) is 2.66. The summed E-state index contributed by atoms with van der Waals surface area (Å²) in [5, 5.41) is 5.14. The number of ether oxygens (including phenoxy) is 1. The van der Waals surface area contributed by atoms with E-state index in [2.05, 4.69) is 10.6 Å². The van der Waals surface area contributed by atoms with Crippen molar-refractivity contribution in [2.75, 3.05) is 18.5 Å². The Kier molecular flexibility index (Phi) is 6.05. The summed E-state index contributed by atoms with van der Waals surface area (Å²) >= 11 is 1.25. The van der Waals surface area contributed by atoms with Crippen LogP contribution in [0.2, 0.25) is 0 Å². The second-order valence-electron chi connectivity index (χ2n) is 4.49. The average molecular weight is 327 g/mol. The second kappa shape index (κ2) is 7.55. The quantitative estimate of drug-likeness (QED) is 0.638. The number of hydrogen-bond donors (Lipinski definition) is 3. The predicted molar refractivity (Wildman–Crippen MR) is 80.6 cm³/mol. The lowest BCUT2D eigenvalue weighted by Gasteiger charge is -2.07. The van der Waals surface area contributed by atoms with Crippen LogP contribution < -0.4 is 16.4 Å². The summed E-state index contributed by atoms with van der Waals surface area (Å²) in [5.74, 6) is -2.37. The van der Waals surface area contributed by atoms with Crippen molar-refractivity contribution < 1.29 is 23.9 Å². The number of anilines is 1. The van der Waals surface area contributed by atoms with Crippen molar-refractivity contribution >= 4 is 40.0 Å². The number of nitrogens with two attached hydrogens (primary N) is 1. The van der Waals surface area contributed by atoms with Gasteiger partial charge in [0.2, 0.25) is 11.8 Å². The Morgan fingerprint density at radius 3 is 2.41 bits per heavy atom. The van der Waals surface area contributed by atoms with Crippen molar-refractivity contribution in [1.29, 1.82) is 0 Å². The zero-order valence-corrected chi connectivity index (χ0v) is 13.3. The third-order valence-corrected chi connectivity index (χ3v) is 3.80. The van der Waals surface area contributed by atoms with E-state index < -0.39 is 24.4 Å². The first-order valence-electron chi connectivity index (χ1n) is 6.32. The van der Waals surface area contributed by atoms with E-state index in [1.165, 1.54) is 18.3 Å². The zero-order chi connectivity index (χ0) is 16.9. The maximum absolute atomic E-state index is 12.1. The molecule has 1 aromatic rings. The molecular weight excluding hydrogens is 310 g/mol. The molecule has 1 rings (SSSR count). The fraction of sp³-hybridized carbons (Fsp3) is 0.385. The molecule has 0 aliphatic carbocycles. The molecule has 0 spiro atoms. The standard InChI is InChI=1S/C13H17N3O5S/c1-6-7(2)22-12(16-8(3)17)11(6)13(20)21-5-10(19)15-4-9(14)18/h4-5H2,1-3H3,(H2,14,18)(H,15,19)(H,16,17). The highest BCUT2D eigenvalue weighted by Crippen LogP contribution is 2.32. The summed E-state index contributed by atoms with van der Waals surface area (Å²) in [5.41, 5.74) is 5.78. The van der Waals surface area contributed by atoms with Gasteiger partial charge in [0.1, 0.15) is 5.00 Å². The van der Waals surface area contributed by atoms with E-state index in [9.17, 15) is 19.2 Å². The van der Waals surface area contributed by atoms with Crippen molar-refractivity contribution in [3.8, 4) is 0 Å². The van der Waals surface area contributed by atoms with Crippen molar-refractivity contribution in [1.82, 2.24) is 5.32 Å². The Morgan fingerprint density at radius 1 is 1.23 bits per heavy atom. The van der Waals surface area contributed by atoms with E-state index in [1.54, 1.807) is 6.92 Å². The Bertz CT molecular complexity index is 623. The molecule has 0 aromatic carbocycles. The van der Waals surface area contributed by atoms with Gasteiger partial charge in [-0.2, -0.15) is 0 Å². The highest BCUT2D eigenvalue weighted by Gasteiger charge is 2.22. The molecule has 120 valence electrons. The van der Waals surface area contributed by atoms with Crippen molar-refractivity contribution in [3.63, 3.8) is 0 Å². The number of esters is 1. The molecule has 4 N–H and O–H groups in total. The topological polar surface area (TPSA) is 128 Å². The van der Waals surface area contributed by atoms with Crippen molar-refractivity contribution in [2.24, 2.45) is 5.73 Å². The van der Waals surface area contributed by atoms with E-state index in [1.807, 2.05) is 6.92 Å². The van der Waals surface area contributed by atoms with Crippen LogP contribution in [0, 0.1) is 13.8 Å². The van der Waals surface area contributed by atoms with Crippen LogP contribution in [0.15, 0.2) is 0 Å². The number of carbonyl (C=O) groups excluding carboxylic acids is 4. The Balaban J connectivity index is 2.75. The third kappa shape index (κ3) is 4.85. The Labute approximate surface area is 131 Å². The maximum atomic E-state index is 12.1. The summed E-state index contributed by atoms with van der Waals surface area (Å²) in [4.78, 5) is 46.0. The van der Waals surface area contributed by atoms with Crippen LogP contribution in [0.3, 0.4) is 0 Å². The largest absolute Gasteiger partial charge is 0.452 e. The molecule has 0 atom stereocenters. The SMILES string of the molecule is CC(=O)Nc1sc(C)c(C)c1C(=O)OCC(=O)NCC(N)=O. The number of amides is 3. The summed E-state index contributed by atoms with van der Waals surface area (Å²) < 4.78 is 4.89. The minimum absolute atomic E-state index is 0.223. The average Bonchev–Trinajstić information content (AvgIpc) is 2.68. The number of rotatable bonds is 6. The minimum atomic E-state index is -0.722. The van der Waals surface area contributed by atoms with Crippen LogP contribution in [0.5, 0.6) is 0 Å². The van der Waals surface area contributed by atoms with Gasteiger partial charge >= 0.3 is 5.97 Å². The summed E-state index contributed by atoms with van der Waals surface area (Å²) in [6.45, 7) is 3.99. The molecule has 1 aromatic heterocycles. The lowest BCUT2D eigenvalue weighted by atomic mass is 10.1. The van der Waals surface area contributed by atoms with Crippen LogP contribution in [0.25, 0.3) is 0 Å². The lowest BCUT2D eigenvalue weighted by Crippen LogP contribution is -2.36.